The Hall–Kier alpha value is -1.99. The molecule has 4 heteroatoms. The third kappa shape index (κ3) is 2.15. The number of nitrogens with zero attached hydrogens (tertiary/aromatic N) is 2. The van der Waals surface area contributed by atoms with Crippen molar-refractivity contribution in [1.82, 2.24) is 4.98 Å². The van der Waals surface area contributed by atoms with Gasteiger partial charge in [0.05, 0.1) is 12.5 Å². The Morgan fingerprint density at radius 3 is 2.81 bits per heavy atom. The van der Waals surface area contributed by atoms with Crippen molar-refractivity contribution in [2.24, 2.45) is 0 Å². The van der Waals surface area contributed by atoms with E-state index in [1.807, 2.05) is 24.3 Å². The third-order valence-electron chi connectivity index (χ3n) is 2.05. The maximum absolute atomic E-state index is 11.9. The van der Waals surface area contributed by atoms with Crippen molar-refractivity contribution in [3.63, 3.8) is 0 Å². The summed E-state index contributed by atoms with van der Waals surface area (Å²) < 4.78 is 0. The summed E-state index contributed by atoms with van der Waals surface area (Å²) in [6, 6.07) is 11.0. The zero-order valence-corrected chi connectivity index (χ0v) is 9.20. The molecule has 0 aliphatic rings. The monoisotopic (exact) mass is 228 g/mol. The second-order valence-electron chi connectivity index (χ2n) is 3.16. The van der Waals surface area contributed by atoms with Gasteiger partial charge in [-0.15, -0.1) is 11.3 Å². The van der Waals surface area contributed by atoms with Crippen LogP contribution in [0.1, 0.15) is 21.1 Å². The van der Waals surface area contributed by atoms with Gasteiger partial charge in [-0.05, 0) is 0 Å². The molecule has 0 unspecified atom stereocenters. The SMILES string of the molecule is N#CCc1nc(C(=O)c2ccccc2)cs1. The van der Waals surface area contributed by atoms with E-state index in [1.165, 1.54) is 11.3 Å². The number of nitriles is 1. The van der Waals surface area contributed by atoms with Gasteiger partial charge in [0.25, 0.3) is 0 Å². The lowest BCUT2D eigenvalue weighted by Gasteiger charge is -1.95. The minimum atomic E-state index is -0.0963. The van der Waals surface area contributed by atoms with E-state index in [9.17, 15) is 4.79 Å². The van der Waals surface area contributed by atoms with Crippen molar-refractivity contribution in [2.75, 3.05) is 0 Å². The summed E-state index contributed by atoms with van der Waals surface area (Å²) in [5.74, 6) is -0.0963. The fourth-order valence-electron chi connectivity index (χ4n) is 1.30. The predicted octanol–water partition coefficient (Wildman–Crippen LogP) is 2.44. The molecule has 0 saturated heterocycles. The normalized spacial score (nSPS) is 9.69. The van der Waals surface area contributed by atoms with Gasteiger partial charge in [-0.2, -0.15) is 5.26 Å². The number of benzene rings is 1. The summed E-state index contributed by atoms with van der Waals surface area (Å²) in [5.41, 5.74) is 1.04. The number of aromatic nitrogens is 1. The maximum Gasteiger partial charge on any atom is 0.212 e. The molecule has 0 aliphatic heterocycles. The molecule has 0 N–H and O–H groups in total. The van der Waals surface area contributed by atoms with E-state index in [-0.39, 0.29) is 12.2 Å². The van der Waals surface area contributed by atoms with Crippen molar-refractivity contribution >= 4 is 17.1 Å². The lowest BCUT2D eigenvalue weighted by atomic mass is 10.1. The van der Waals surface area contributed by atoms with Crippen LogP contribution in [0, 0.1) is 11.3 Å². The van der Waals surface area contributed by atoms with Gasteiger partial charge in [-0.1, -0.05) is 30.3 Å². The Bertz CT molecular complexity index is 540. The number of carbonyl (C=O) groups is 1. The van der Waals surface area contributed by atoms with Crippen LogP contribution in [-0.4, -0.2) is 10.8 Å². The van der Waals surface area contributed by atoms with E-state index in [0.29, 0.717) is 16.3 Å². The quantitative estimate of drug-likeness (QED) is 0.758. The first-order valence-electron chi connectivity index (χ1n) is 4.72. The van der Waals surface area contributed by atoms with Crippen molar-refractivity contribution in [3.05, 3.63) is 52.0 Å². The Morgan fingerprint density at radius 1 is 1.38 bits per heavy atom. The van der Waals surface area contributed by atoms with Crippen molar-refractivity contribution < 1.29 is 4.79 Å². The van der Waals surface area contributed by atoms with Crippen LogP contribution < -0.4 is 0 Å². The highest BCUT2D eigenvalue weighted by Crippen LogP contribution is 2.14. The Kier molecular flexibility index (Phi) is 3.08. The number of hydrogen-bond donors (Lipinski definition) is 0. The van der Waals surface area contributed by atoms with E-state index < -0.39 is 0 Å². The molecular weight excluding hydrogens is 220 g/mol. The molecule has 2 aromatic rings. The molecule has 1 aromatic carbocycles. The predicted molar refractivity (Wildman–Crippen MR) is 61.3 cm³/mol. The van der Waals surface area contributed by atoms with Gasteiger partial charge in [-0.25, -0.2) is 4.98 Å². The molecule has 78 valence electrons. The number of ketones is 1. The van der Waals surface area contributed by atoms with E-state index >= 15 is 0 Å². The number of rotatable bonds is 3. The first-order chi connectivity index (χ1) is 7.81. The average molecular weight is 228 g/mol. The average Bonchev–Trinajstić information content (AvgIpc) is 2.78. The fourth-order valence-corrected chi connectivity index (χ4v) is 2.01. The van der Waals surface area contributed by atoms with E-state index in [4.69, 9.17) is 5.26 Å². The molecule has 0 radical (unpaired) electrons. The van der Waals surface area contributed by atoms with Gasteiger partial charge in [0.15, 0.2) is 0 Å². The third-order valence-corrected chi connectivity index (χ3v) is 2.90. The Balaban J connectivity index is 2.25. The molecule has 0 atom stereocenters. The fraction of sp³-hybridized carbons (Fsp3) is 0.0833. The van der Waals surface area contributed by atoms with Crippen LogP contribution in [0.2, 0.25) is 0 Å². The summed E-state index contributed by atoms with van der Waals surface area (Å²) in [6.07, 6.45) is 0.257. The molecule has 0 amide bonds. The molecule has 0 fully saturated rings. The van der Waals surface area contributed by atoms with Crippen molar-refractivity contribution in [1.29, 1.82) is 5.26 Å². The zero-order valence-electron chi connectivity index (χ0n) is 8.38. The molecule has 1 heterocycles. The van der Waals surface area contributed by atoms with Gasteiger partial charge in [0.1, 0.15) is 10.7 Å². The Labute approximate surface area is 97.0 Å². The summed E-state index contributed by atoms with van der Waals surface area (Å²) in [6.45, 7) is 0. The standard InChI is InChI=1S/C12H8N2OS/c13-7-6-11-14-10(8-16-11)12(15)9-4-2-1-3-5-9/h1-5,8H,6H2. The van der Waals surface area contributed by atoms with Crippen molar-refractivity contribution in [3.8, 4) is 6.07 Å². The molecule has 0 saturated carbocycles. The molecular formula is C12H8N2OS. The van der Waals surface area contributed by atoms with Crippen molar-refractivity contribution in [2.45, 2.75) is 6.42 Å². The second-order valence-corrected chi connectivity index (χ2v) is 4.10. The number of carbonyl (C=O) groups excluding carboxylic acids is 1. The largest absolute Gasteiger partial charge is 0.287 e. The van der Waals surface area contributed by atoms with Gasteiger partial charge in [0.2, 0.25) is 5.78 Å². The topological polar surface area (TPSA) is 53.8 Å². The molecule has 16 heavy (non-hydrogen) atoms. The van der Waals surface area contributed by atoms with Crippen LogP contribution >= 0.6 is 11.3 Å². The minimum Gasteiger partial charge on any atom is -0.287 e. The first-order valence-corrected chi connectivity index (χ1v) is 5.60. The molecule has 0 bridgehead atoms. The smallest absolute Gasteiger partial charge is 0.212 e. The molecule has 1 aromatic heterocycles. The van der Waals surface area contributed by atoms with Crippen LogP contribution in [0.5, 0.6) is 0 Å². The van der Waals surface area contributed by atoms with Gasteiger partial charge >= 0.3 is 0 Å². The highest BCUT2D eigenvalue weighted by molar-refractivity contribution is 7.09. The summed E-state index contributed by atoms with van der Waals surface area (Å²) >= 11 is 1.34. The lowest BCUT2D eigenvalue weighted by molar-refractivity contribution is 0.103. The molecule has 0 spiro atoms. The second kappa shape index (κ2) is 4.69. The number of thiazole rings is 1. The van der Waals surface area contributed by atoms with Crippen LogP contribution in [-0.2, 0) is 6.42 Å². The summed E-state index contributed by atoms with van der Waals surface area (Å²) in [4.78, 5) is 16.0. The van der Waals surface area contributed by atoms with Crippen LogP contribution in [0.15, 0.2) is 35.7 Å². The minimum absolute atomic E-state index is 0.0963. The first kappa shape index (κ1) is 10.5. The van der Waals surface area contributed by atoms with E-state index in [0.717, 1.165) is 0 Å². The summed E-state index contributed by atoms with van der Waals surface area (Å²) in [7, 11) is 0. The van der Waals surface area contributed by atoms with E-state index in [2.05, 4.69) is 4.98 Å². The summed E-state index contributed by atoms with van der Waals surface area (Å²) in [5, 5.41) is 10.9. The van der Waals surface area contributed by atoms with Gasteiger partial charge < -0.3 is 0 Å². The highest BCUT2D eigenvalue weighted by atomic mass is 32.1. The van der Waals surface area contributed by atoms with Gasteiger partial charge in [0, 0.05) is 10.9 Å². The van der Waals surface area contributed by atoms with Gasteiger partial charge in [-0.3, -0.25) is 4.79 Å². The van der Waals surface area contributed by atoms with Crippen LogP contribution in [0.25, 0.3) is 0 Å². The van der Waals surface area contributed by atoms with Crippen LogP contribution in [0.4, 0.5) is 0 Å². The zero-order chi connectivity index (χ0) is 11.4. The Morgan fingerprint density at radius 2 is 2.12 bits per heavy atom. The van der Waals surface area contributed by atoms with E-state index in [1.54, 1.807) is 17.5 Å². The van der Waals surface area contributed by atoms with Crippen LogP contribution in [0.3, 0.4) is 0 Å². The number of hydrogen-bond acceptors (Lipinski definition) is 4. The highest BCUT2D eigenvalue weighted by Gasteiger charge is 2.12. The molecule has 3 nitrogen and oxygen atoms in total. The molecule has 2 rings (SSSR count). The maximum atomic E-state index is 11.9. The lowest BCUT2D eigenvalue weighted by Crippen LogP contribution is -2.01. The molecule has 0 aliphatic carbocycles.